The van der Waals surface area contributed by atoms with Gasteiger partial charge < -0.3 is 5.10 Å². The van der Waals surface area contributed by atoms with E-state index in [9.17, 15) is 4.79 Å². The van der Waals surface area contributed by atoms with Crippen LogP contribution in [0.2, 0.25) is 0 Å². The van der Waals surface area contributed by atoms with Crippen molar-refractivity contribution in [3.8, 4) is 11.3 Å². The number of fused-ring (bicyclic) bond motifs is 2. The fourth-order valence-corrected chi connectivity index (χ4v) is 3.85. The molecule has 1 atom stereocenters. The van der Waals surface area contributed by atoms with Gasteiger partial charge >= 0.3 is 0 Å². The zero-order valence-corrected chi connectivity index (χ0v) is 17.0. The zero-order chi connectivity index (χ0) is 20.8. The topological polar surface area (TPSA) is 87.3 Å². The SMILES string of the molecule is Cc1cc(-c2[nH][nH]c3cc4nc(C(=O)[C@H](C)c5cccc(C)n5)cc4cc23)ccn1. The maximum absolute atomic E-state index is 13.1. The van der Waals surface area contributed by atoms with E-state index < -0.39 is 0 Å². The van der Waals surface area contributed by atoms with Crippen molar-refractivity contribution in [2.24, 2.45) is 0 Å². The Morgan fingerprint density at radius 3 is 2.63 bits per heavy atom. The summed E-state index contributed by atoms with van der Waals surface area (Å²) >= 11 is 0. The number of benzene rings is 1. The van der Waals surface area contributed by atoms with Gasteiger partial charge in [0.15, 0.2) is 5.78 Å². The first-order valence-corrected chi connectivity index (χ1v) is 9.91. The van der Waals surface area contributed by atoms with Crippen molar-refractivity contribution in [2.45, 2.75) is 26.7 Å². The van der Waals surface area contributed by atoms with Gasteiger partial charge in [0, 0.05) is 33.9 Å². The van der Waals surface area contributed by atoms with Gasteiger partial charge in [-0.1, -0.05) is 6.07 Å². The van der Waals surface area contributed by atoms with Crippen LogP contribution in [0.5, 0.6) is 0 Å². The largest absolute Gasteiger partial charge is 0.300 e. The van der Waals surface area contributed by atoms with E-state index in [1.807, 2.05) is 63.2 Å². The standard InChI is InChI=1S/C24H21N5O/c1-13-5-4-6-19(26-13)15(3)24(30)22-11-17-10-18-21(12-20(17)27-22)28-29-23(18)16-7-8-25-14(2)9-16/h4-12,15,28-29H,1-3H3/t15-/m1/s1. The number of carbonyl (C=O) groups is 1. The van der Waals surface area contributed by atoms with Gasteiger partial charge in [0.05, 0.1) is 28.3 Å². The van der Waals surface area contributed by atoms with E-state index in [0.29, 0.717) is 5.69 Å². The first-order valence-electron chi connectivity index (χ1n) is 9.91. The minimum Gasteiger partial charge on any atom is -0.300 e. The van der Waals surface area contributed by atoms with Crippen LogP contribution in [-0.4, -0.2) is 30.9 Å². The highest BCUT2D eigenvalue weighted by molar-refractivity contribution is 6.07. The lowest BCUT2D eigenvalue weighted by molar-refractivity contribution is 0.0960. The number of H-pyrrole nitrogens is 2. The number of Topliss-reactive ketones (excluding diaryl/α,β-unsaturated/α-hetero) is 1. The minimum absolute atomic E-state index is 0.0236. The predicted molar refractivity (Wildman–Crippen MR) is 118 cm³/mol. The van der Waals surface area contributed by atoms with Crippen LogP contribution in [0.3, 0.4) is 0 Å². The predicted octanol–water partition coefficient (Wildman–Crippen LogP) is 5.10. The average Bonchev–Trinajstić information content (AvgIpc) is 3.34. The molecule has 2 N–H and O–H groups in total. The second-order valence-electron chi connectivity index (χ2n) is 7.70. The maximum atomic E-state index is 13.1. The summed E-state index contributed by atoms with van der Waals surface area (Å²) in [6.07, 6.45) is 1.80. The molecule has 0 aliphatic carbocycles. The third-order valence-corrected chi connectivity index (χ3v) is 5.48. The normalized spacial score (nSPS) is 12.5. The van der Waals surface area contributed by atoms with E-state index in [1.54, 1.807) is 6.20 Å². The van der Waals surface area contributed by atoms with E-state index in [2.05, 4.69) is 31.2 Å². The van der Waals surface area contributed by atoms with Crippen LogP contribution in [-0.2, 0) is 0 Å². The molecule has 0 fully saturated rings. The number of aromatic nitrogens is 5. The molecule has 0 spiro atoms. The number of pyridine rings is 2. The third-order valence-electron chi connectivity index (χ3n) is 5.48. The van der Waals surface area contributed by atoms with Crippen LogP contribution in [0, 0.1) is 13.8 Å². The highest BCUT2D eigenvalue weighted by Gasteiger charge is 2.21. The summed E-state index contributed by atoms with van der Waals surface area (Å²) in [7, 11) is 0. The molecule has 0 bridgehead atoms. The lowest BCUT2D eigenvalue weighted by Crippen LogP contribution is -2.11. The molecular formula is C24H21N5O. The van der Waals surface area contributed by atoms with Crippen LogP contribution in [0.25, 0.3) is 33.1 Å². The molecule has 0 radical (unpaired) electrons. The van der Waals surface area contributed by atoms with Crippen molar-refractivity contribution < 1.29 is 4.79 Å². The summed E-state index contributed by atoms with van der Waals surface area (Å²) in [5.41, 5.74) is 6.88. The first-order chi connectivity index (χ1) is 14.5. The highest BCUT2D eigenvalue weighted by Crippen LogP contribution is 2.31. The molecule has 0 amide bonds. The second kappa shape index (κ2) is 6.91. The lowest BCUT2D eigenvalue weighted by atomic mass is 9.99. The van der Waals surface area contributed by atoms with Gasteiger partial charge in [-0.25, -0.2) is 4.98 Å². The molecule has 0 aliphatic heterocycles. The van der Waals surface area contributed by atoms with Crippen molar-refractivity contribution in [3.05, 3.63) is 77.5 Å². The summed E-state index contributed by atoms with van der Waals surface area (Å²) in [4.78, 5) is 26.4. The van der Waals surface area contributed by atoms with E-state index in [-0.39, 0.29) is 11.7 Å². The average molecular weight is 395 g/mol. The van der Waals surface area contributed by atoms with E-state index in [4.69, 9.17) is 0 Å². The van der Waals surface area contributed by atoms with Crippen molar-refractivity contribution in [1.82, 2.24) is 25.1 Å². The van der Waals surface area contributed by atoms with Gasteiger partial charge in [0.25, 0.3) is 0 Å². The van der Waals surface area contributed by atoms with Gasteiger partial charge in [-0.2, -0.15) is 0 Å². The molecule has 0 aliphatic rings. The Bertz CT molecular complexity index is 1410. The molecule has 4 aromatic heterocycles. The molecule has 5 aromatic rings. The molecule has 6 heteroatoms. The van der Waals surface area contributed by atoms with Crippen LogP contribution >= 0.6 is 0 Å². The van der Waals surface area contributed by atoms with Crippen LogP contribution in [0.4, 0.5) is 0 Å². The number of aromatic amines is 2. The molecule has 0 saturated carbocycles. The van der Waals surface area contributed by atoms with Crippen molar-refractivity contribution in [3.63, 3.8) is 0 Å². The monoisotopic (exact) mass is 395 g/mol. The summed E-state index contributed by atoms with van der Waals surface area (Å²) in [6.45, 7) is 5.78. The number of ketones is 1. The Morgan fingerprint density at radius 1 is 0.967 bits per heavy atom. The molecule has 1 aromatic carbocycles. The number of carbonyl (C=O) groups excluding carboxylic acids is 1. The Morgan fingerprint density at radius 2 is 1.83 bits per heavy atom. The first kappa shape index (κ1) is 18.2. The van der Waals surface area contributed by atoms with E-state index in [0.717, 1.165) is 50.1 Å². The number of nitrogens with zero attached hydrogens (tertiary/aromatic N) is 3. The molecule has 0 unspecified atom stereocenters. The van der Waals surface area contributed by atoms with Gasteiger partial charge in [0.1, 0.15) is 5.69 Å². The summed E-state index contributed by atoms with van der Waals surface area (Å²) < 4.78 is 0. The smallest absolute Gasteiger partial charge is 0.189 e. The summed E-state index contributed by atoms with van der Waals surface area (Å²) in [5, 5.41) is 8.45. The Kier molecular flexibility index (Phi) is 4.20. The molecule has 6 nitrogen and oxygen atoms in total. The highest BCUT2D eigenvalue weighted by atomic mass is 16.1. The molecule has 4 heterocycles. The maximum Gasteiger partial charge on any atom is 0.189 e. The zero-order valence-electron chi connectivity index (χ0n) is 17.0. The van der Waals surface area contributed by atoms with Gasteiger partial charge in [0.2, 0.25) is 0 Å². The number of hydrogen-bond acceptors (Lipinski definition) is 4. The fourth-order valence-electron chi connectivity index (χ4n) is 3.85. The molecule has 148 valence electrons. The van der Waals surface area contributed by atoms with Crippen LogP contribution in [0.1, 0.15) is 40.4 Å². The van der Waals surface area contributed by atoms with Gasteiger partial charge in [-0.15, -0.1) is 0 Å². The summed E-state index contributed by atoms with van der Waals surface area (Å²) in [5.74, 6) is -0.368. The third kappa shape index (κ3) is 3.06. The van der Waals surface area contributed by atoms with E-state index in [1.165, 1.54) is 0 Å². The van der Waals surface area contributed by atoms with E-state index >= 15 is 0 Å². The van der Waals surface area contributed by atoms with Crippen LogP contribution < -0.4 is 0 Å². The second-order valence-corrected chi connectivity index (χ2v) is 7.70. The molecule has 0 saturated heterocycles. The van der Waals surface area contributed by atoms with Crippen molar-refractivity contribution >= 4 is 27.6 Å². The van der Waals surface area contributed by atoms with Crippen molar-refractivity contribution in [1.29, 1.82) is 0 Å². The minimum atomic E-state index is -0.345. The number of rotatable bonds is 4. The quantitative estimate of drug-likeness (QED) is 0.414. The number of hydrogen-bond donors (Lipinski definition) is 2. The number of nitrogens with one attached hydrogen (secondary N) is 2. The molecule has 30 heavy (non-hydrogen) atoms. The summed E-state index contributed by atoms with van der Waals surface area (Å²) in [6, 6.07) is 15.7. The molecule has 5 rings (SSSR count). The fraction of sp³-hybridized carbons (Fsp3) is 0.167. The Hall–Kier alpha value is -3.80. The molecular weight excluding hydrogens is 374 g/mol. The Balaban J connectivity index is 1.56. The Labute approximate surface area is 173 Å². The van der Waals surface area contributed by atoms with Gasteiger partial charge in [-0.05, 0) is 63.2 Å². The number of aryl methyl sites for hydroxylation is 2. The lowest BCUT2D eigenvalue weighted by Gasteiger charge is -2.08. The van der Waals surface area contributed by atoms with Crippen molar-refractivity contribution in [2.75, 3.05) is 0 Å². The van der Waals surface area contributed by atoms with Crippen LogP contribution in [0.15, 0.2) is 54.7 Å². The van der Waals surface area contributed by atoms with Gasteiger partial charge in [-0.3, -0.25) is 19.9 Å².